The van der Waals surface area contributed by atoms with E-state index in [2.05, 4.69) is 35.1 Å². The van der Waals surface area contributed by atoms with Gasteiger partial charge in [0.15, 0.2) is 0 Å². The number of hydrogen-bond donors (Lipinski definition) is 1. The second-order valence-corrected chi connectivity index (χ2v) is 6.33. The van der Waals surface area contributed by atoms with Crippen molar-refractivity contribution in [2.45, 2.75) is 31.6 Å². The molecule has 0 bridgehead atoms. The number of amides is 1. The molecule has 0 aromatic heterocycles. The lowest BCUT2D eigenvalue weighted by Gasteiger charge is -2.29. The van der Waals surface area contributed by atoms with E-state index >= 15 is 0 Å². The fourth-order valence-electron chi connectivity index (χ4n) is 1.74. The fraction of sp³-hybridized carbons (Fsp3) is 0.533. The van der Waals surface area contributed by atoms with Crippen LogP contribution in [-0.4, -0.2) is 23.5 Å². The van der Waals surface area contributed by atoms with Crippen LogP contribution in [0.25, 0.3) is 0 Å². The van der Waals surface area contributed by atoms with Crippen molar-refractivity contribution in [2.24, 2.45) is 5.41 Å². The summed E-state index contributed by atoms with van der Waals surface area (Å²) in [7, 11) is 0. The van der Waals surface area contributed by atoms with Crippen molar-refractivity contribution < 1.29 is 4.79 Å². The molecule has 1 aromatic rings. The summed E-state index contributed by atoms with van der Waals surface area (Å²) >= 11 is 5.14. The van der Waals surface area contributed by atoms with Crippen LogP contribution in [0.3, 0.4) is 0 Å². The molecular weight excluding hydrogens is 322 g/mol. The Hall–Kier alpha value is -0.480. The second-order valence-electron chi connectivity index (χ2n) is 4.72. The number of thioether (sulfide) groups is 1. The van der Waals surface area contributed by atoms with Crippen LogP contribution in [0.4, 0.5) is 0 Å². The monoisotopic (exact) mass is 343 g/mol. The zero-order valence-corrected chi connectivity index (χ0v) is 14.0. The number of alkyl halides is 1. The maximum atomic E-state index is 11.9. The van der Waals surface area contributed by atoms with Crippen molar-refractivity contribution in [1.29, 1.82) is 0 Å². The molecule has 106 valence electrons. The molecule has 1 aromatic carbocycles. The molecule has 0 aliphatic heterocycles. The van der Waals surface area contributed by atoms with E-state index in [4.69, 9.17) is 0 Å². The van der Waals surface area contributed by atoms with E-state index in [0.717, 1.165) is 29.6 Å². The zero-order valence-electron chi connectivity index (χ0n) is 11.6. The number of carbonyl (C=O) groups is 1. The van der Waals surface area contributed by atoms with Gasteiger partial charge in [-0.05, 0) is 30.4 Å². The molecule has 0 spiro atoms. The first-order valence-electron chi connectivity index (χ1n) is 6.66. The molecule has 2 nitrogen and oxygen atoms in total. The highest BCUT2D eigenvalue weighted by molar-refractivity contribution is 9.09. The van der Waals surface area contributed by atoms with E-state index in [-0.39, 0.29) is 11.3 Å². The van der Waals surface area contributed by atoms with Crippen molar-refractivity contribution in [2.75, 3.05) is 17.6 Å². The number of nitrogens with one attached hydrogen (secondary N) is 1. The molecule has 0 radical (unpaired) electrons. The van der Waals surface area contributed by atoms with Gasteiger partial charge in [0.25, 0.3) is 0 Å². The van der Waals surface area contributed by atoms with Gasteiger partial charge in [-0.1, -0.05) is 48.0 Å². The first kappa shape index (κ1) is 16.6. The number of rotatable bonds is 8. The molecule has 0 unspecified atom stereocenters. The Labute approximate surface area is 128 Å². The molecule has 0 aliphatic rings. The predicted octanol–water partition coefficient (Wildman–Crippen LogP) is 4.10. The van der Waals surface area contributed by atoms with E-state index in [0.29, 0.717) is 5.75 Å². The molecule has 19 heavy (non-hydrogen) atoms. The summed E-state index contributed by atoms with van der Waals surface area (Å²) in [5, 5.41) is 3.99. The normalized spacial score (nSPS) is 11.3. The summed E-state index contributed by atoms with van der Waals surface area (Å²) in [6.45, 7) is 5.10. The molecule has 0 aliphatic carbocycles. The van der Waals surface area contributed by atoms with E-state index in [1.165, 1.54) is 0 Å². The van der Waals surface area contributed by atoms with Crippen LogP contribution in [0.1, 0.15) is 26.7 Å². The van der Waals surface area contributed by atoms with Crippen molar-refractivity contribution in [1.82, 2.24) is 5.32 Å². The highest BCUT2D eigenvalue weighted by atomic mass is 79.9. The SMILES string of the molecule is CCC(CC)(CBr)CNC(=O)CSc1ccccc1. The lowest BCUT2D eigenvalue weighted by atomic mass is 9.84. The third-order valence-electron chi connectivity index (χ3n) is 3.56. The predicted molar refractivity (Wildman–Crippen MR) is 87.0 cm³/mol. The van der Waals surface area contributed by atoms with Gasteiger partial charge in [0.1, 0.15) is 0 Å². The first-order chi connectivity index (χ1) is 9.15. The van der Waals surface area contributed by atoms with Crippen molar-refractivity contribution >= 4 is 33.6 Å². The minimum absolute atomic E-state index is 0.112. The van der Waals surface area contributed by atoms with E-state index in [9.17, 15) is 4.79 Å². The van der Waals surface area contributed by atoms with Crippen LogP contribution in [0.5, 0.6) is 0 Å². The Bertz CT molecular complexity index is 371. The van der Waals surface area contributed by atoms with Crippen LogP contribution in [0.2, 0.25) is 0 Å². The molecule has 4 heteroatoms. The van der Waals surface area contributed by atoms with Gasteiger partial charge in [-0.25, -0.2) is 0 Å². The molecule has 1 rings (SSSR count). The Morgan fingerprint density at radius 2 is 1.89 bits per heavy atom. The highest BCUT2D eigenvalue weighted by Gasteiger charge is 2.25. The van der Waals surface area contributed by atoms with Crippen molar-refractivity contribution in [3.8, 4) is 0 Å². The topological polar surface area (TPSA) is 29.1 Å². The van der Waals surface area contributed by atoms with Gasteiger partial charge in [0.2, 0.25) is 5.91 Å². The first-order valence-corrected chi connectivity index (χ1v) is 8.77. The fourth-order valence-corrected chi connectivity index (χ4v) is 3.48. The van der Waals surface area contributed by atoms with Crippen molar-refractivity contribution in [3.05, 3.63) is 30.3 Å². The van der Waals surface area contributed by atoms with E-state index in [1.807, 2.05) is 30.3 Å². The van der Waals surface area contributed by atoms with Crippen LogP contribution < -0.4 is 5.32 Å². The van der Waals surface area contributed by atoms with Gasteiger partial charge in [-0.15, -0.1) is 11.8 Å². The molecule has 0 saturated carbocycles. The number of hydrogen-bond acceptors (Lipinski definition) is 2. The highest BCUT2D eigenvalue weighted by Crippen LogP contribution is 2.27. The van der Waals surface area contributed by atoms with Gasteiger partial charge in [-0.3, -0.25) is 4.79 Å². The number of halogens is 1. The Morgan fingerprint density at radius 3 is 2.42 bits per heavy atom. The second kappa shape index (κ2) is 8.64. The standard InChI is InChI=1S/C15H22BrNOS/c1-3-15(4-2,11-16)12-17-14(18)10-19-13-8-6-5-7-9-13/h5-9H,3-4,10-12H2,1-2H3,(H,17,18). The average Bonchev–Trinajstić information content (AvgIpc) is 2.48. The Kier molecular flexibility index (Phi) is 7.54. The Morgan fingerprint density at radius 1 is 1.26 bits per heavy atom. The lowest BCUT2D eigenvalue weighted by Crippen LogP contribution is -2.38. The van der Waals surface area contributed by atoms with Gasteiger partial charge in [0.05, 0.1) is 5.75 Å². The van der Waals surface area contributed by atoms with Crippen LogP contribution in [0, 0.1) is 5.41 Å². The van der Waals surface area contributed by atoms with Crippen LogP contribution >= 0.6 is 27.7 Å². The molecule has 0 atom stereocenters. The van der Waals surface area contributed by atoms with E-state index < -0.39 is 0 Å². The maximum Gasteiger partial charge on any atom is 0.230 e. The molecule has 0 fully saturated rings. The van der Waals surface area contributed by atoms with E-state index in [1.54, 1.807) is 11.8 Å². The van der Waals surface area contributed by atoms with Gasteiger partial charge in [-0.2, -0.15) is 0 Å². The smallest absolute Gasteiger partial charge is 0.230 e. The third-order valence-corrected chi connectivity index (χ3v) is 5.76. The number of carbonyl (C=O) groups excluding carboxylic acids is 1. The Balaban J connectivity index is 2.35. The third kappa shape index (κ3) is 5.57. The molecule has 1 amide bonds. The molecular formula is C15H22BrNOS. The summed E-state index contributed by atoms with van der Waals surface area (Å²) in [6, 6.07) is 10.0. The zero-order chi connectivity index (χ0) is 14.1. The van der Waals surface area contributed by atoms with Crippen LogP contribution in [-0.2, 0) is 4.79 Å². The van der Waals surface area contributed by atoms with Gasteiger partial charge in [0, 0.05) is 16.8 Å². The molecule has 0 saturated heterocycles. The lowest BCUT2D eigenvalue weighted by molar-refractivity contribution is -0.119. The summed E-state index contributed by atoms with van der Waals surface area (Å²) in [4.78, 5) is 13.0. The van der Waals surface area contributed by atoms with Gasteiger partial charge < -0.3 is 5.32 Å². The summed E-state index contributed by atoms with van der Waals surface area (Å²) in [5.74, 6) is 0.594. The average molecular weight is 344 g/mol. The minimum atomic E-state index is 0.112. The minimum Gasteiger partial charge on any atom is -0.355 e. The molecule has 0 heterocycles. The largest absolute Gasteiger partial charge is 0.355 e. The van der Waals surface area contributed by atoms with Crippen LogP contribution in [0.15, 0.2) is 35.2 Å². The van der Waals surface area contributed by atoms with Crippen molar-refractivity contribution in [3.63, 3.8) is 0 Å². The summed E-state index contributed by atoms with van der Waals surface area (Å²) < 4.78 is 0. The summed E-state index contributed by atoms with van der Waals surface area (Å²) in [6.07, 6.45) is 2.14. The maximum absolute atomic E-state index is 11.9. The summed E-state index contributed by atoms with van der Waals surface area (Å²) in [5.41, 5.74) is 0.188. The number of benzene rings is 1. The van der Waals surface area contributed by atoms with Gasteiger partial charge >= 0.3 is 0 Å². The molecule has 1 N–H and O–H groups in total. The quantitative estimate of drug-likeness (QED) is 0.568.